The van der Waals surface area contributed by atoms with Crippen LogP contribution < -0.4 is 5.32 Å². The number of unbranched alkanes of at least 4 members (excludes halogenated alkanes) is 1. The number of nitrogens with zero attached hydrogens (tertiary/aromatic N) is 2. The molecule has 1 rings (SSSR count). The fourth-order valence-corrected chi connectivity index (χ4v) is 2.81. The van der Waals surface area contributed by atoms with Crippen LogP contribution in [0.2, 0.25) is 0 Å². The molecular weight excluding hydrogens is 250 g/mol. The number of ether oxygens (including phenoxy) is 1. The summed E-state index contributed by atoms with van der Waals surface area (Å²) in [4.78, 5) is 2.50. The molecule has 1 N–H and O–H groups in total. The van der Waals surface area contributed by atoms with Crippen LogP contribution in [0.25, 0.3) is 0 Å². The van der Waals surface area contributed by atoms with Gasteiger partial charge in [-0.1, -0.05) is 6.92 Å². The standard InChI is InChI=1S/C16H31N3O/c1-4-10-18-16(2,14-17)9-5-6-11-19-12-7-8-15(13-19)20-3/h15,18H,4-13H2,1-3H3. The van der Waals surface area contributed by atoms with Gasteiger partial charge in [0.2, 0.25) is 0 Å². The zero-order valence-corrected chi connectivity index (χ0v) is 13.5. The van der Waals surface area contributed by atoms with Gasteiger partial charge in [-0.25, -0.2) is 0 Å². The summed E-state index contributed by atoms with van der Waals surface area (Å²) in [6.07, 6.45) is 7.14. The molecule has 1 aliphatic heterocycles. The molecule has 0 spiro atoms. The number of methoxy groups -OCH3 is 1. The Morgan fingerprint density at radius 2 is 2.25 bits per heavy atom. The smallest absolute Gasteiger partial charge is 0.103 e. The number of nitriles is 1. The molecule has 1 heterocycles. The highest BCUT2D eigenvalue weighted by Crippen LogP contribution is 2.16. The number of piperidine rings is 1. The van der Waals surface area contributed by atoms with E-state index in [2.05, 4.69) is 23.2 Å². The summed E-state index contributed by atoms with van der Waals surface area (Å²) in [6.45, 7) is 8.47. The van der Waals surface area contributed by atoms with Gasteiger partial charge in [-0.2, -0.15) is 5.26 Å². The third kappa shape index (κ3) is 6.21. The average Bonchev–Trinajstić information content (AvgIpc) is 2.50. The van der Waals surface area contributed by atoms with Crippen LogP contribution in [0.1, 0.15) is 52.4 Å². The molecule has 2 unspecified atom stereocenters. The molecule has 1 aliphatic rings. The lowest BCUT2D eigenvalue weighted by molar-refractivity contribution is 0.0308. The lowest BCUT2D eigenvalue weighted by atomic mass is 9.96. The van der Waals surface area contributed by atoms with Crippen LogP contribution in [0.5, 0.6) is 0 Å². The fourth-order valence-electron chi connectivity index (χ4n) is 2.81. The predicted octanol–water partition coefficient (Wildman–Crippen LogP) is 2.55. The van der Waals surface area contributed by atoms with Crippen molar-refractivity contribution in [3.63, 3.8) is 0 Å². The van der Waals surface area contributed by atoms with Gasteiger partial charge in [0, 0.05) is 13.7 Å². The topological polar surface area (TPSA) is 48.3 Å². The van der Waals surface area contributed by atoms with E-state index >= 15 is 0 Å². The van der Waals surface area contributed by atoms with Crippen LogP contribution >= 0.6 is 0 Å². The third-order valence-electron chi connectivity index (χ3n) is 4.21. The maximum absolute atomic E-state index is 9.29. The Labute approximate surface area is 124 Å². The first kappa shape index (κ1) is 17.4. The summed E-state index contributed by atoms with van der Waals surface area (Å²) in [5, 5.41) is 12.6. The summed E-state index contributed by atoms with van der Waals surface area (Å²) in [6, 6.07) is 2.42. The van der Waals surface area contributed by atoms with Crippen molar-refractivity contribution >= 4 is 0 Å². The highest BCUT2D eigenvalue weighted by atomic mass is 16.5. The molecule has 0 aliphatic carbocycles. The third-order valence-corrected chi connectivity index (χ3v) is 4.21. The molecule has 2 atom stereocenters. The minimum Gasteiger partial charge on any atom is -0.380 e. The Morgan fingerprint density at radius 3 is 2.90 bits per heavy atom. The first-order valence-electron chi connectivity index (χ1n) is 8.05. The van der Waals surface area contributed by atoms with Crippen molar-refractivity contribution in [2.24, 2.45) is 0 Å². The van der Waals surface area contributed by atoms with Crippen LogP contribution in [0, 0.1) is 11.3 Å². The van der Waals surface area contributed by atoms with Gasteiger partial charge in [0.15, 0.2) is 0 Å². The lowest BCUT2D eigenvalue weighted by Crippen LogP contribution is -2.42. The van der Waals surface area contributed by atoms with Crippen molar-refractivity contribution in [2.45, 2.75) is 64.0 Å². The van der Waals surface area contributed by atoms with Gasteiger partial charge < -0.3 is 9.64 Å². The van der Waals surface area contributed by atoms with Crippen molar-refractivity contribution in [3.8, 4) is 6.07 Å². The zero-order chi connectivity index (χ0) is 14.8. The minimum absolute atomic E-state index is 0.354. The lowest BCUT2D eigenvalue weighted by Gasteiger charge is -2.32. The Morgan fingerprint density at radius 1 is 1.45 bits per heavy atom. The molecule has 0 aromatic carbocycles. The second-order valence-electron chi connectivity index (χ2n) is 6.13. The van der Waals surface area contributed by atoms with Gasteiger partial charge in [0.1, 0.15) is 5.54 Å². The minimum atomic E-state index is -0.354. The van der Waals surface area contributed by atoms with E-state index in [-0.39, 0.29) is 5.54 Å². The first-order chi connectivity index (χ1) is 9.63. The molecule has 1 saturated heterocycles. The molecule has 116 valence electrons. The highest BCUT2D eigenvalue weighted by molar-refractivity contribution is 5.03. The van der Waals surface area contributed by atoms with E-state index in [9.17, 15) is 5.26 Å². The summed E-state index contributed by atoms with van der Waals surface area (Å²) in [5.74, 6) is 0. The second kappa shape index (κ2) is 9.33. The summed E-state index contributed by atoms with van der Waals surface area (Å²) >= 11 is 0. The fraction of sp³-hybridized carbons (Fsp3) is 0.938. The van der Waals surface area contributed by atoms with E-state index in [1.807, 2.05) is 14.0 Å². The van der Waals surface area contributed by atoms with Crippen molar-refractivity contribution in [1.29, 1.82) is 5.26 Å². The van der Waals surface area contributed by atoms with Crippen molar-refractivity contribution < 1.29 is 4.74 Å². The Hall–Kier alpha value is -0.630. The molecule has 0 aromatic rings. The van der Waals surface area contributed by atoms with E-state index in [4.69, 9.17) is 4.74 Å². The molecule has 4 nitrogen and oxygen atoms in total. The summed E-state index contributed by atoms with van der Waals surface area (Å²) in [7, 11) is 1.81. The number of hydrogen-bond acceptors (Lipinski definition) is 4. The van der Waals surface area contributed by atoms with Crippen LogP contribution in [0.15, 0.2) is 0 Å². The Kier molecular flexibility index (Phi) is 8.13. The first-order valence-corrected chi connectivity index (χ1v) is 8.05. The second-order valence-corrected chi connectivity index (χ2v) is 6.13. The van der Waals surface area contributed by atoms with E-state index < -0.39 is 0 Å². The normalized spacial score (nSPS) is 23.2. The number of likely N-dealkylation sites (tertiary alicyclic amines) is 1. The SMILES string of the molecule is CCCNC(C)(C#N)CCCCN1CCCC(OC)C1. The highest BCUT2D eigenvalue weighted by Gasteiger charge is 2.22. The van der Waals surface area contributed by atoms with Crippen LogP contribution in [-0.2, 0) is 4.74 Å². The van der Waals surface area contributed by atoms with Crippen LogP contribution in [0.4, 0.5) is 0 Å². The Balaban J connectivity index is 2.18. The molecule has 0 saturated carbocycles. The molecule has 0 radical (unpaired) electrons. The van der Waals surface area contributed by atoms with Gasteiger partial charge in [-0.05, 0) is 65.1 Å². The van der Waals surface area contributed by atoms with Gasteiger partial charge in [0.25, 0.3) is 0 Å². The quantitative estimate of drug-likeness (QED) is 0.660. The molecule has 0 aromatic heterocycles. The summed E-state index contributed by atoms with van der Waals surface area (Å²) in [5.41, 5.74) is -0.354. The molecule has 4 heteroatoms. The van der Waals surface area contributed by atoms with Crippen molar-refractivity contribution in [2.75, 3.05) is 33.3 Å². The number of hydrogen-bond donors (Lipinski definition) is 1. The van der Waals surface area contributed by atoms with Gasteiger partial charge >= 0.3 is 0 Å². The molecular formula is C16H31N3O. The average molecular weight is 281 g/mol. The molecule has 20 heavy (non-hydrogen) atoms. The maximum Gasteiger partial charge on any atom is 0.103 e. The van der Waals surface area contributed by atoms with Crippen molar-refractivity contribution in [1.82, 2.24) is 10.2 Å². The summed E-state index contributed by atoms with van der Waals surface area (Å²) < 4.78 is 5.45. The Bertz CT molecular complexity index is 303. The van der Waals surface area contributed by atoms with E-state index in [0.29, 0.717) is 6.10 Å². The van der Waals surface area contributed by atoms with Gasteiger partial charge in [0.05, 0.1) is 12.2 Å². The largest absolute Gasteiger partial charge is 0.380 e. The van der Waals surface area contributed by atoms with Gasteiger partial charge in [-0.3, -0.25) is 5.32 Å². The van der Waals surface area contributed by atoms with Gasteiger partial charge in [-0.15, -0.1) is 0 Å². The van der Waals surface area contributed by atoms with Crippen LogP contribution in [-0.4, -0.2) is 49.8 Å². The molecule has 0 amide bonds. The zero-order valence-electron chi connectivity index (χ0n) is 13.5. The van der Waals surface area contributed by atoms with E-state index in [1.165, 1.54) is 25.8 Å². The van der Waals surface area contributed by atoms with E-state index in [1.54, 1.807) is 0 Å². The number of rotatable bonds is 9. The number of nitrogens with one attached hydrogen (secondary N) is 1. The maximum atomic E-state index is 9.29. The van der Waals surface area contributed by atoms with Crippen molar-refractivity contribution in [3.05, 3.63) is 0 Å². The predicted molar refractivity (Wildman–Crippen MR) is 82.6 cm³/mol. The molecule has 1 fully saturated rings. The van der Waals surface area contributed by atoms with Crippen LogP contribution in [0.3, 0.4) is 0 Å². The molecule has 0 bridgehead atoms. The van der Waals surface area contributed by atoms with E-state index in [0.717, 1.165) is 38.9 Å². The monoisotopic (exact) mass is 281 g/mol.